The highest BCUT2D eigenvalue weighted by molar-refractivity contribution is 5.27. The van der Waals surface area contributed by atoms with E-state index in [2.05, 4.69) is 5.32 Å². The zero-order chi connectivity index (χ0) is 12.3. The molecule has 3 heteroatoms. The van der Waals surface area contributed by atoms with Gasteiger partial charge in [-0.05, 0) is 37.7 Å². The fourth-order valence-electron chi connectivity index (χ4n) is 1.91. The average molecular weight is 233 g/mol. The molecule has 1 aromatic heterocycles. The van der Waals surface area contributed by atoms with Gasteiger partial charge in [0.05, 0.1) is 6.26 Å². The van der Waals surface area contributed by atoms with E-state index in [1.807, 2.05) is 38.2 Å². The Morgan fingerprint density at radius 3 is 2.76 bits per heavy atom. The molecule has 2 rings (SSSR count). The maximum Gasteiger partial charge on any atom is 0.128 e. The Kier molecular flexibility index (Phi) is 3.59. The maximum atomic E-state index is 13.8. The number of furan rings is 1. The molecule has 0 aliphatic carbocycles. The quantitative estimate of drug-likeness (QED) is 0.877. The Morgan fingerprint density at radius 1 is 1.35 bits per heavy atom. The van der Waals surface area contributed by atoms with Gasteiger partial charge in [0.2, 0.25) is 0 Å². The molecule has 0 saturated carbocycles. The number of hydrogen-bond acceptors (Lipinski definition) is 2. The van der Waals surface area contributed by atoms with E-state index in [1.54, 1.807) is 12.3 Å². The van der Waals surface area contributed by atoms with Gasteiger partial charge in [-0.1, -0.05) is 12.1 Å². The Hall–Kier alpha value is -1.61. The molecule has 17 heavy (non-hydrogen) atoms. The van der Waals surface area contributed by atoms with Crippen LogP contribution in [-0.4, -0.2) is 7.05 Å². The van der Waals surface area contributed by atoms with E-state index in [4.69, 9.17) is 4.42 Å². The van der Waals surface area contributed by atoms with E-state index in [9.17, 15) is 4.39 Å². The summed E-state index contributed by atoms with van der Waals surface area (Å²) in [7, 11) is 1.83. The second kappa shape index (κ2) is 5.15. The summed E-state index contributed by atoms with van der Waals surface area (Å²) < 4.78 is 19.1. The molecule has 1 unspecified atom stereocenters. The van der Waals surface area contributed by atoms with Crippen LogP contribution >= 0.6 is 0 Å². The van der Waals surface area contributed by atoms with E-state index in [0.29, 0.717) is 12.0 Å². The van der Waals surface area contributed by atoms with E-state index in [-0.39, 0.29) is 11.9 Å². The van der Waals surface area contributed by atoms with Gasteiger partial charge in [0.15, 0.2) is 0 Å². The van der Waals surface area contributed by atoms with Crippen LogP contribution in [0.1, 0.15) is 22.9 Å². The molecule has 2 nitrogen and oxygen atoms in total. The first-order valence-corrected chi connectivity index (χ1v) is 5.66. The molecule has 0 bridgehead atoms. The minimum absolute atomic E-state index is 0.0678. The Bertz CT molecular complexity index is 479. The molecule has 0 saturated heterocycles. The van der Waals surface area contributed by atoms with Gasteiger partial charge in [-0.25, -0.2) is 4.39 Å². The van der Waals surface area contributed by atoms with Crippen molar-refractivity contribution in [3.05, 3.63) is 59.3 Å². The highest BCUT2D eigenvalue weighted by Gasteiger charge is 2.15. The summed E-state index contributed by atoms with van der Waals surface area (Å²) >= 11 is 0. The standard InChI is InChI=1S/C14H16FNO/c1-10-5-6-12(13(15)8-10)14(16-2)9-11-4-3-7-17-11/h3-8,14,16H,9H2,1-2H3. The van der Waals surface area contributed by atoms with Crippen molar-refractivity contribution in [3.63, 3.8) is 0 Å². The summed E-state index contributed by atoms with van der Waals surface area (Å²) in [4.78, 5) is 0. The van der Waals surface area contributed by atoms with E-state index in [0.717, 1.165) is 11.3 Å². The van der Waals surface area contributed by atoms with Gasteiger partial charge < -0.3 is 9.73 Å². The fourth-order valence-corrected chi connectivity index (χ4v) is 1.91. The summed E-state index contributed by atoms with van der Waals surface area (Å²) in [5.41, 5.74) is 1.61. The largest absolute Gasteiger partial charge is 0.469 e. The van der Waals surface area contributed by atoms with Crippen molar-refractivity contribution in [1.82, 2.24) is 5.32 Å². The minimum atomic E-state index is -0.170. The van der Waals surface area contributed by atoms with E-state index < -0.39 is 0 Å². The molecular weight excluding hydrogens is 217 g/mol. The van der Waals surface area contributed by atoms with Crippen LogP contribution in [-0.2, 0) is 6.42 Å². The van der Waals surface area contributed by atoms with Crippen molar-refractivity contribution in [2.75, 3.05) is 7.05 Å². The number of benzene rings is 1. The molecule has 0 radical (unpaired) electrons. The lowest BCUT2D eigenvalue weighted by Gasteiger charge is -2.16. The summed E-state index contributed by atoms with van der Waals surface area (Å²) in [5, 5.41) is 3.12. The van der Waals surface area contributed by atoms with Crippen molar-refractivity contribution in [2.24, 2.45) is 0 Å². The highest BCUT2D eigenvalue weighted by Crippen LogP contribution is 2.22. The molecule has 1 aromatic carbocycles. The zero-order valence-electron chi connectivity index (χ0n) is 10.0. The van der Waals surface area contributed by atoms with Crippen LogP contribution in [0.5, 0.6) is 0 Å². The van der Waals surface area contributed by atoms with Crippen LogP contribution in [0.15, 0.2) is 41.0 Å². The smallest absolute Gasteiger partial charge is 0.128 e. The van der Waals surface area contributed by atoms with Crippen molar-refractivity contribution in [2.45, 2.75) is 19.4 Å². The SMILES string of the molecule is CNC(Cc1ccco1)c1ccc(C)cc1F. The highest BCUT2D eigenvalue weighted by atomic mass is 19.1. The first-order chi connectivity index (χ1) is 8.20. The van der Waals surface area contributed by atoms with Gasteiger partial charge in [-0.3, -0.25) is 0 Å². The Morgan fingerprint density at radius 2 is 2.18 bits per heavy atom. The van der Waals surface area contributed by atoms with Crippen LogP contribution in [0, 0.1) is 12.7 Å². The summed E-state index contributed by atoms with van der Waals surface area (Å²) in [6.45, 7) is 1.88. The molecule has 90 valence electrons. The Balaban J connectivity index is 2.23. The third kappa shape index (κ3) is 2.74. The van der Waals surface area contributed by atoms with E-state index >= 15 is 0 Å². The van der Waals surface area contributed by atoms with Crippen molar-refractivity contribution >= 4 is 0 Å². The number of likely N-dealkylation sites (N-methyl/N-ethyl adjacent to an activating group) is 1. The first kappa shape index (κ1) is 11.9. The second-order valence-corrected chi connectivity index (χ2v) is 4.15. The van der Waals surface area contributed by atoms with Gasteiger partial charge in [0.1, 0.15) is 11.6 Å². The van der Waals surface area contributed by atoms with Gasteiger partial charge in [0.25, 0.3) is 0 Å². The minimum Gasteiger partial charge on any atom is -0.469 e. The molecule has 0 aliphatic rings. The molecule has 1 atom stereocenters. The third-order valence-corrected chi connectivity index (χ3v) is 2.87. The molecule has 0 spiro atoms. The number of nitrogens with one attached hydrogen (secondary N) is 1. The predicted molar refractivity (Wildman–Crippen MR) is 65.3 cm³/mol. The summed E-state index contributed by atoms with van der Waals surface area (Å²) in [5.74, 6) is 0.681. The van der Waals surface area contributed by atoms with Gasteiger partial charge in [-0.15, -0.1) is 0 Å². The predicted octanol–water partition coefficient (Wildman–Crippen LogP) is 3.23. The second-order valence-electron chi connectivity index (χ2n) is 4.15. The third-order valence-electron chi connectivity index (χ3n) is 2.87. The summed E-state index contributed by atoms with van der Waals surface area (Å²) in [6, 6.07) is 8.98. The average Bonchev–Trinajstić information content (AvgIpc) is 2.79. The monoisotopic (exact) mass is 233 g/mol. The number of hydrogen-bond donors (Lipinski definition) is 1. The topological polar surface area (TPSA) is 25.2 Å². The molecular formula is C14H16FNO. The number of halogens is 1. The van der Waals surface area contributed by atoms with Crippen LogP contribution in [0.2, 0.25) is 0 Å². The molecule has 0 fully saturated rings. The lowest BCUT2D eigenvalue weighted by atomic mass is 10.0. The maximum absolute atomic E-state index is 13.8. The zero-order valence-corrected chi connectivity index (χ0v) is 10.0. The van der Waals surface area contributed by atoms with Crippen LogP contribution in [0.4, 0.5) is 4.39 Å². The van der Waals surface area contributed by atoms with Crippen LogP contribution in [0.3, 0.4) is 0 Å². The lowest BCUT2D eigenvalue weighted by Crippen LogP contribution is -2.19. The van der Waals surface area contributed by atoms with Crippen molar-refractivity contribution in [3.8, 4) is 0 Å². The Labute approximate surface area is 100 Å². The van der Waals surface area contributed by atoms with Crippen LogP contribution in [0.25, 0.3) is 0 Å². The van der Waals surface area contributed by atoms with Gasteiger partial charge >= 0.3 is 0 Å². The van der Waals surface area contributed by atoms with Crippen molar-refractivity contribution in [1.29, 1.82) is 0 Å². The number of rotatable bonds is 4. The molecule has 1 heterocycles. The molecule has 0 amide bonds. The number of aryl methyl sites for hydroxylation is 1. The lowest BCUT2D eigenvalue weighted by molar-refractivity contribution is 0.455. The molecule has 0 aliphatic heterocycles. The van der Waals surface area contributed by atoms with E-state index in [1.165, 1.54) is 0 Å². The summed E-state index contributed by atoms with van der Waals surface area (Å²) in [6.07, 6.45) is 2.27. The fraction of sp³-hybridized carbons (Fsp3) is 0.286. The normalized spacial score (nSPS) is 12.6. The first-order valence-electron chi connectivity index (χ1n) is 5.66. The van der Waals surface area contributed by atoms with Gasteiger partial charge in [0, 0.05) is 18.0 Å². The van der Waals surface area contributed by atoms with Crippen LogP contribution < -0.4 is 5.32 Å². The molecule has 1 N–H and O–H groups in total. The molecule has 2 aromatic rings. The van der Waals surface area contributed by atoms with Gasteiger partial charge in [-0.2, -0.15) is 0 Å². The van der Waals surface area contributed by atoms with Crippen molar-refractivity contribution < 1.29 is 8.81 Å².